The smallest absolute Gasteiger partial charge is 0.225 e. The molecule has 0 saturated carbocycles. The van der Waals surface area contributed by atoms with Gasteiger partial charge in [-0.15, -0.1) is 0 Å². The lowest BCUT2D eigenvalue weighted by Gasteiger charge is -2.29. The summed E-state index contributed by atoms with van der Waals surface area (Å²) in [6, 6.07) is 8.67. The van der Waals surface area contributed by atoms with Crippen molar-refractivity contribution in [1.82, 2.24) is 4.90 Å². The van der Waals surface area contributed by atoms with Crippen molar-refractivity contribution >= 4 is 11.6 Å². The van der Waals surface area contributed by atoms with Crippen molar-refractivity contribution in [2.24, 2.45) is 5.92 Å². The first-order valence-corrected chi connectivity index (χ1v) is 7.67. The fourth-order valence-corrected chi connectivity index (χ4v) is 2.76. The molecule has 20 heavy (non-hydrogen) atoms. The van der Waals surface area contributed by atoms with Gasteiger partial charge in [0.15, 0.2) is 0 Å². The maximum absolute atomic E-state index is 11.9. The predicted molar refractivity (Wildman–Crippen MR) is 83.8 cm³/mol. The third-order valence-electron chi connectivity index (χ3n) is 3.95. The molecule has 110 valence electrons. The Kier molecular flexibility index (Phi) is 5.05. The molecule has 0 radical (unpaired) electrons. The van der Waals surface area contributed by atoms with Gasteiger partial charge in [0.05, 0.1) is 0 Å². The summed E-state index contributed by atoms with van der Waals surface area (Å²) in [6.07, 6.45) is 3.96. The van der Waals surface area contributed by atoms with Crippen LogP contribution in [0, 0.1) is 5.92 Å². The first-order valence-electron chi connectivity index (χ1n) is 7.67. The van der Waals surface area contributed by atoms with E-state index in [4.69, 9.17) is 0 Å². The van der Waals surface area contributed by atoms with Crippen molar-refractivity contribution in [1.29, 1.82) is 0 Å². The van der Waals surface area contributed by atoms with Crippen molar-refractivity contribution in [3.8, 4) is 0 Å². The predicted octanol–water partition coefficient (Wildman–Crippen LogP) is 3.29. The van der Waals surface area contributed by atoms with Crippen molar-refractivity contribution < 1.29 is 4.79 Å². The molecule has 0 aromatic heterocycles. The third kappa shape index (κ3) is 3.75. The molecule has 0 aliphatic carbocycles. The van der Waals surface area contributed by atoms with Gasteiger partial charge in [-0.3, -0.25) is 4.79 Å². The molecule has 1 saturated heterocycles. The second-order valence-corrected chi connectivity index (χ2v) is 6.06. The largest absolute Gasteiger partial charge is 0.372 e. The Morgan fingerprint density at radius 1 is 1.15 bits per heavy atom. The Balaban J connectivity index is 1.95. The number of carbonyl (C=O) groups excluding carboxylic acids is 1. The summed E-state index contributed by atoms with van der Waals surface area (Å²) in [4.78, 5) is 16.1. The quantitative estimate of drug-likeness (QED) is 0.841. The number of hydrogen-bond acceptors (Lipinski definition) is 2. The van der Waals surface area contributed by atoms with Gasteiger partial charge in [-0.25, -0.2) is 0 Å². The van der Waals surface area contributed by atoms with Crippen LogP contribution in [0.4, 0.5) is 5.69 Å². The Labute approximate surface area is 122 Å². The number of anilines is 1. The minimum Gasteiger partial charge on any atom is -0.372 e. The molecule has 1 fully saturated rings. The van der Waals surface area contributed by atoms with Crippen LogP contribution in [0.1, 0.15) is 38.7 Å². The van der Waals surface area contributed by atoms with Crippen molar-refractivity contribution in [3.05, 3.63) is 29.8 Å². The van der Waals surface area contributed by atoms with Gasteiger partial charge in [0.25, 0.3) is 0 Å². The number of nitrogens with zero attached hydrogens (tertiary/aromatic N) is 2. The Morgan fingerprint density at radius 3 is 2.30 bits per heavy atom. The molecule has 1 amide bonds. The summed E-state index contributed by atoms with van der Waals surface area (Å²) in [5, 5.41) is 0. The number of amides is 1. The summed E-state index contributed by atoms with van der Waals surface area (Å²) in [5.74, 6) is 0.262. The van der Waals surface area contributed by atoms with E-state index in [9.17, 15) is 4.79 Å². The number of benzene rings is 1. The Hall–Kier alpha value is -1.51. The van der Waals surface area contributed by atoms with Crippen LogP contribution in [0.5, 0.6) is 0 Å². The van der Waals surface area contributed by atoms with E-state index < -0.39 is 0 Å². The van der Waals surface area contributed by atoms with Gasteiger partial charge in [0.1, 0.15) is 0 Å². The fourth-order valence-electron chi connectivity index (χ4n) is 2.76. The standard InChI is InChI=1S/C17H26N2O/c1-14(2)17(20)18(3)13-15-7-9-16(10-8-15)19-11-5-4-6-12-19/h7-10,14H,4-6,11-13H2,1-3H3. The molecule has 0 N–H and O–H groups in total. The molecule has 3 nitrogen and oxygen atoms in total. The maximum Gasteiger partial charge on any atom is 0.225 e. The molecule has 0 atom stereocenters. The maximum atomic E-state index is 11.9. The van der Waals surface area contributed by atoms with Crippen molar-refractivity contribution in [2.75, 3.05) is 25.0 Å². The molecular formula is C17H26N2O. The van der Waals surface area contributed by atoms with E-state index in [-0.39, 0.29) is 11.8 Å². The van der Waals surface area contributed by atoms with Crippen LogP contribution in [-0.2, 0) is 11.3 Å². The van der Waals surface area contributed by atoms with E-state index in [1.54, 1.807) is 4.90 Å². The molecule has 1 heterocycles. The van der Waals surface area contributed by atoms with Crippen molar-refractivity contribution in [2.45, 2.75) is 39.7 Å². The van der Waals surface area contributed by atoms with Gasteiger partial charge < -0.3 is 9.80 Å². The zero-order chi connectivity index (χ0) is 14.5. The van der Waals surface area contributed by atoms with Gasteiger partial charge >= 0.3 is 0 Å². The SMILES string of the molecule is CC(C)C(=O)N(C)Cc1ccc(N2CCCCC2)cc1. The average molecular weight is 274 g/mol. The number of piperidine rings is 1. The third-order valence-corrected chi connectivity index (χ3v) is 3.95. The van der Waals surface area contributed by atoms with E-state index in [1.165, 1.54) is 43.6 Å². The Bertz CT molecular complexity index is 433. The highest BCUT2D eigenvalue weighted by atomic mass is 16.2. The highest BCUT2D eigenvalue weighted by Gasteiger charge is 2.14. The van der Waals surface area contributed by atoms with Gasteiger partial charge in [0.2, 0.25) is 5.91 Å². The highest BCUT2D eigenvalue weighted by Crippen LogP contribution is 2.20. The normalized spacial score (nSPS) is 15.5. The minimum absolute atomic E-state index is 0.0626. The number of carbonyl (C=O) groups is 1. The second kappa shape index (κ2) is 6.78. The summed E-state index contributed by atoms with van der Waals surface area (Å²) >= 11 is 0. The molecule has 0 bridgehead atoms. The van der Waals surface area contributed by atoms with E-state index in [0.29, 0.717) is 6.54 Å². The lowest BCUT2D eigenvalue weighted by molar-refractivity contribution is -0.133. The molecule has 1 aliphatic rings. The number of hydrogen-bond donors (Lipinski definition) is 0. The van der Waals surface area contributed by atoms with Crippen LogP contribution in [0.2, 0.25) is 0 Å². The van der Waals surface area contributed by atoms with E-state index in [1.807, 2.05) is 20.9 Å². The minimum atomic E-state index is 0.0626. The van der Waals surface area contributed by atoms with Gasteiger partial charge in [-0.2, -0.15) is 0 Å². The highest BCUT2D eigenvalue weighted by molar-refractivity contribution is 5.77. The zero-order valence-electron chi connectivity index (χ0n) is 12.9. The monoisotopic (exact) mass is 274 g/mol. The van der Waals surface area contributed by atoms with Crippen LogP contribution in [-0.4, -0.2) is 30.9 Å². The zero-order valence-corrected chi connectivity index (χ0v) is 12.9. The summed E-state index contributed by atoms with van der Waals surface area (Å²) in [6.45, 7) is 6.92. The average Bonchev–Trinajstić information content (AvgIpc) is 2.48. The van der Waals surface area contributed by atoms with Crippen molar-refractivity contribution in [3.63, 3.8) is 0 Å². The lowest BCUT2D eigenvalue weighted by atomic mass is 10.1. The van der Waals surface area contributed by atoms with Crippen LogP contribution in [0.15, 0.2) is 24.3 Å². The van der Waals surface area contributed by atoms with E-state index in [2.05, 4.69) is 29.2 Å². The molecule has 3 heteroatoms. The van der Waals surface area contributed by atoms with Crippen LogP contribution < -0.4 is 4.90 Å². The molecule has 2 rings (SSSR count). The van der Waals surface area contributed by atoms with Gasteiger partial charge in [0, 0.05) is 38.3 Å². The Morgan fingerprint density at radius 2 is 1.75 bits per heavy atom. The molecule has 0 spiro atoms. The lowest BCUT2D eigenvalue weighted by Crippen LogP contribution is -2.30. The van der Waals surface area contributed by atoms with E-state index >= 15 is 0 Å². The molecule has 1 aliphatic heterocycles. The fraction of sp³-hybridized carbons (Fsp3) is 0.588. The van der Waals surface area contributed by atoms with Crippen LogP contribution in [0.25, 0.3) is 0 Å². The van der Waals surface area contributed by atoms with Gasteiger partial charge in [-0.05, 0) is 37.0 Å². The second-order valence-electron chi connectivity index (χ2n) is 6.06. The van der Waals surface area contributed by atoms with Crippen LogP contribution in [0.3, 0.4) is 0 Å². The summed E-state index contributed by atoms with van der Waals surface area (Å²) in [7, 11) is 1.88. The molecular weight excluding hydrogens is 248 g/mol. The first kappa shape index (κ1) is 14.9. The molecule has 1 aromatic carbocycles. The molecule has 1 aromatic rings. The topological polar surface area (TPSA) is 23.6 Å². The van der Waals surface area contributed by atoms with E-state index in [0.717, 1.165) is 0 Å². The number of rotatable bonds is 4. The van der Waals surface area contributed by atoms with Gasteiger partial charge in [-0.1, -0.05) is 26.0 Å². The molecule has 0 unspecified atom stereocenters. The van der Waals surface area contributed by atoms with Crippen LogP contribution >= 0.6 is 0 Å². The summed E-state index contributed by atoms with van der Waals surface area (Å²) in [5.41, 5.74) is 2.51. The summed E-state index contributed by atoms with van der Waals surface area (Å²) < 4.78 is 0. The first-order chi connectivity index (χ1) is 9.58.